The largest absolute Gasteiger partial charge is 0.296 e. The van der Waals surface area contributed by atoms with Crippen LogP contribution in [0.15, 0.2) is 48.5 Å². The van der Waals surface area contributed by atoms with E-state index in [4.69, 9.17) is 4.98 Å². The Hall–Kier alpha value is -3.12. The molecular weight excluding hydrogens is 368 g/mol. The summed E-state index contributed by atoms with van der Waals surface area (Å²) >= 11 is 1.40. The number of carbonyl (C=O) groups excluding carboxylic acids is 1. The van der Waals surface area contributed by atoms with E-state index in [-0.39, 0.29) is 5.91 Å². The van der Waals surface area contributed by atoms with Gasteiger partial charge in [-0.15, -0.1) is 10.2 Å². The van der Waals surface area contributed by atoms with E-state index >= 15 is 0 Å². The maximum atomic E-state index is 13.0. The first-order valence-corrected chi connectivity index (χ1v) is 9.98. The molecule has 1 amide bonds. The molecule has 0 aliphatic heterocycles. The molecule has 2 heterocycles. The zero-order chi connectivity index (χ0) is 19.7. The van der Waals surface area contributed by atoms with Crippen LogP contribution in [0.2, 0.25) is 0 Å². The third kappa shape index (κ3) is 3.51. The molecule has 2 aromatic heterocycles. The van der Waals surface area contributed by atoms with Gasteiger partial charge in [0.2, 0.25) is 5.13 Å². The van der Waals surface area contributed by atoms with E-state index in [2.05, 4.69) is 47.6 Å². The zero-order valence-electron chi connectivity index (χ0n) is 16.0. The summed E-state index contributed by atoms with van der Waals surface area (Å²) in [6.07, 6.45) is 0.794. The Morgan fingerprint density at radius 2 is 1.89 bits per heavy atom. The minimum absolute atomic E-state index is 0.205. The van der Waals surface area contributed by atoms with Gasteiger partial charge in [-0.2, -0.15) is 0 Å². The summed E-state index contributed by atoms with van der Waals surface area (Å²) in [6.45, 7) is 6.14. The van der Waals surface area contributed by atoms with Gasteiger partial charge in [0, 0.05) is 10.9 Å². The van der Waals surface area contributed by atoms with Crippen LogP contribution in [-0.4, -0.2) is 21.1 Å². The molecule has 6 heteroatoms. The van der Waals surface area contributed by atoms with Crippen LogP contribution in [0.1, 0.15) is 33.4 Å². The first-order chi connectivity index (χ1) is 13.5. The number of anilines is 1. The van der Waals surface area contributed by atoms with E-state index < -0.39 is 0 Å². The SMILES string of the molecule is CCc1nnc(NC(=O)c2cc(-c3ccc(C)cc3C)nc3ccccc23)s1. The number of carbonyl (C=O) groups is 1. The van der Waals surface area contributed by atoms with E-state index in [0.29, 0.717) is 10.7 Å². The molecule has 0 saturated heterocycles. The van der Waals surface area contributed by atoms with Gasteiger partial charge < -0.3 is 0 Å². The van der Waals surface area contributed by atoms with Crippen LogP contribution in [0.3, 0.4) is 0 Å². The lowest BCUT2D eigenvalue weighted by molar-refractivity contribution is 0.102. The van der Waals surface area contributed by atoms with Crippen LogP contribution >= 0.6 is 11.3 Å². The maximum Gasteiger partial charge on any atom is 0.258 e. The molecule has 0 atom stereocenters. The van der Waals surface area contributed by atoms with Gasteiger partial charge in [-0.3, -0.25) is 10.1 Å². The van der Waals surface area contributed by atoms with Crippen molar-refractivity contribution in [3.8, 4) is 11.3 Å². The standard InChI is InChI=1S/C22H20N4OS/c1-4-20-25-26-22(28-20)24-21(27)17-12-19(15-10-9-13(2)11-14(15)3)23-18-8-6-5-7-16(17)18/h5-12H,4H2,1-3H3,(H,24,26,27). The number of para-hydroxylation sites is 1. The zero-order valence-corrected chi connectivity index (χ0v) is 16.8. The van der Waals surface area contributed by atoms with Crippen LogP contribution in [0.4, 0.5) is 5.13 Å². The van der Waals surface area contributed by atoms with Gasteiger partial charge in [-0.25, -0.2) is 4.98 Å². The number of nitrogens with one attached hydrogen (secondary N) is 1. The summed E-state index contributed by atoms with van der Waals surface area (Å²) in [5.74, 6) is -0.205. The van der Waals surface area contributed by atoms with Crippen LogP contribution < -0.4 is 5.32 Å². The Kier molecular flexibility index (Phi) is 4.88. The number of hydrogen-bond donors (Lipinski definition) is 1. The highest BCUT2D eigenvalue weighted by Crippen LogP contribution is 2.28. The van der Waals surface area contributed by atoms with Crippen molar-refractivity contribution in [2.45, 2.75) is 27.2 Å². The number of aromatic nitrogens is 3. The molecule has 2 aromatic carbocycles. The van der Waals surface area contributed by atoms with E-state index in [0.717, 1.165) is 39.2 Å². The summed E-state index contributed by atoms with van der Waals surface area (Å²) in [4.78, 5) is 17.8. The number of hydrogen-bond acceptors (Lipinski definition) is 5. The van der Waals surface area contributed by atoms with Crippen LogP contribution in [0.25, 0.3) is 22.2 Å². The third-order valence-electron chi connectivity index (χ3n) is 4.61. The molecule has 0 spiro atoms. The molecule has 1 N–H and O–H groups in total. The summed E-state index contributed by atoms with van der Waals surface area (Å²) in [5.41, 5.74) is 5.50. The second-order valence-corrected chi connectivity index (χ2v) is 7.76. The number of rotatable bonds is 4. The Labute approximate surface area is 167 Å². The van der Waals surface area contributed by atoms with Crippen molar-refractivity contribution in [2.75, 3.05) is 5.32 Å². The molecule has 0 radical (unpaired) electrons. The molecule has 140 valence electrons. The second kappa shape index (κ2) is 7.48. The van der Waals surface area contributed by atoms with Gasteiger partial charge in [0.05, 0.1) is 16.8 Å². The van der Waals surface area contributed by atoms with E-state index in [1.807, 2.05) is 37.3 Å². The minimum Gasteiger partial charge on any atom is -0.296 e. The lowest BCUT2D eigenvalue weighted by Gasteiger charge is -2.11. The van der Waals surface area contributed by atoms with Gasteiger partial charge in [-0.1, -0.05) is 60.2 Å². The summed E-state index contributed by atoms with van der Waals surface area (Å²) in [6, 6.07) is 15.8. The highest BCUT2D eigenvalue weighted by Gasteiger charge is 2.16. The lowest BCUT2D eigenvalue weighted by Crippen LogP contribution is -2.13. The first kappa shape index (κ1) is 18.3. The Balaban J connectivity index is 1.81. The Bertz CT molecular complexity index is 1180. The van der Waals surface area contributed by atoms with E-state index in [9.17, 15) is 4.79 Å². The van der Waals surface area contributed by atoms with Gasteiger partial charge in [0.25, 0.3) is 5.91 Å². The van der Waals surface area contributed by atoms with Crippen LogP contribution in [0.5, 0.6) is 0 Å². The van der Waals surface area contributed by atoms with Crippen molar-refractivity contribution >= 4 is 33.3 Å². The molecule has 0 saturated carbocycles. The molecule has 0 aliphatic rings. The molecule has 4 aromatic rings. The van der Waals surface area contributed by atoms with Crippen LogP contribution in [-0.2, 0) is 6.42 Å². The van der Waals surface area contributed by atoms with Crippen LogP contribution in [0, 0.1) is 13.8 Å². The summed E-state index contributed by atoms with van der Waals surface area (Å²) in [5, 5.41) is 13.2. The van der Waals surface area contributed by atoms with Gasteiger partial charge in [0.15, 0.2) is 0 Å². The topological polar surface area (TPSA) is 67.8 Å². The predicted molar refractivity (Wildman–Crippen MR) is 114 cm³/mol. The number of benzene rings is 2. The monoisotopic (exact) mass is 388 g/mol. The third-order valence-corrected chi connectivity index (χ3v) is 5.59. The molecule has 0 fully saturated rings. The first-order valence-electron chi connectivity index (χ1n) is 9.16. The minimum atomic E-state index is -0.205. The van der Waals surface area contributed by atoms with Crippen molar-refractivity contribution in [1.82, 2.24) is 15.2 Å². The average molecular weight is 388 g/mol. The second-order valence-electron chi connectivity index (χ2n) is 6.70. The number of amides is 1. The highest BCUT2D eigenvalue weighted by atomic mass is 32.1. The number of fused-ring (bicyclic) bond motifs is 1. The Morgan fingerprint density at radius 3 is 2.64 bits per heavy atom. The van der Waals surface area contributed by atoms with Gasteiger partial charge in [0.1, 0.15) is 5.01 Å². The fourth-order valence-electron chi connectivity index (χ4n) is 3.21. The number of aryl methyl sites for hydroxylation is 3. The van der Waals surface area contributed by atoms with Crippen molar-refractivity contribution in [3.63, 3.8) is 0 Å². The maximum absolute atomic E-state index is 13.0. The van der Waals surface area contributed by atoms with Gasteiger partial charge >= 0.3 is 0 Å². The molecule has 0 aliphatic carbocycles. The highest BCUT2D eigenvalue weighted by molar-refractivity contribution is 7.15. The predicted octanol–water partition coefficient (Wildman–Crippen LogP) is 5.18. The molecular formula is C22H20N4OS. The quantitative estimate of drug-likeness (QED) is 0.523. The summed E-state index contributed by atoms with van der Waals surface area (Å²) in [7, 11) is 0. The summed E-state index contributed by atoms with van der Waals surface area (Å²) < 4.78 is 0. The van der Waals surface area contributed by atoms with Crippen molar-refractivity contribution < 1.29 is 4.79 Å². The molecule has 5 nitrogen and oxygen atoms in total. The number of nitrogens with zero attached hydrogens (tertiary/aromatic N) is 3. The molecule has 4 rings (SSSR count). The van der Waals surface area contributed by atoms with E-state index in [1.165, 1.54) is 16.9 Å². The van der Waals surface area contributed by atoms with Crippen molar-refractivity contribution in [1.29, 1.82) is 0 Å². The molecule has 0 bridgehead atoms. The van der Waals surface area contributed by atoms with E-state index in [1.54, 1.807) is 0 Å². The molecule has 0 unspecified atom stereocenters. The fourth-order valence-corrected chi connectivity index (χ4v) is 3.89. The molecule has 28 heavy (non-hydrogen) atoms. The van der Waals surface area contributed by atoms with Gasteiger partial charge in [-0.05, 0) is 38.0 Å². The van der Waals surface area contributed by atoms with Crippen molar-refractivity contribution in [2.24, 2.45) is 0 Å². The fraction of sp³-hybridized carbons (Fsp3) is 0.182. The normalized spacial score (nSPS) is 11.0. The smallest absolute Gasteiger partial charge is 0.258 e. The Morgan fingerprint density at radius 1 is 1.07 bits per heavy atom. The average Bonchev–Trinajstić information content (AvgIpc) is 3.14. The lowest BCUT2D eigenvalue weighted by atomic mass is 9.99. The van der Waals surface area contributed by atoms with Crippen molar-refractivity contribution in [3.05, 3.63) is 70.2 Å². The number of pyridine rings is 1.